The fourth-order valence-corrected chi connectivity index (χ4v) is 3.58. The van der Waals surface area contributed by atoms with Crippen LogP contribution in [0, 0.1) is 5.92 Å². The number of hydrogen-bond acceptors (Lipinski definition) is 5. The molecule has 7 nitrogen and oxygen atoms in total. The minimum Gasteiger partial charge on any atom is -0.317 e. The standard InChI is InChI=1S/C12H23N5O2S/c1-17-10-14-12(16-17)4-8-15-20(18,19)9-5-11-2-6-13-7-3-11/h10-11,13,15H,2-9H2,1H3. The van der Waals surface area contributed by atoms with E-state index in [9.17, 15) is 8.42 Å². The Morgan fingerprint density at radius 3 is 2.85 bits per heavy atom. The van der Waals surface area contributed by atoms with Crippen LogP contribution >= 0.6 is 0 Å². The first-order valence-corrected chi connectivity index (χ1v) is 8.73. The molecule has 0 aromatic carbocycles. The Morgan fingerprint density at radius 1 is 1.45 bits per heavy atom. The molecule has 0 radical (unpaired) electrons. The Labute approximate surface area is 120 Å². The molecule has 8 heteroatoms. The van der Waals surface area contributed by atoms with Crippen molar-refractivity contribution in [1.29, 1.82) is 0 Å². The fourth-order valence-electron chi connectivity index (χ4n) is 2.38. The van der Waals surface area contributed by atoms with Crippen molar-refractivity contribution >= 4 is 10.0 Å². The fraction of sp³-hybridized carbons (Fsp3) is 0.833. The molecule has 1 aliphatic heterocycles. The van der Waals surface area contributed by atoms with Crippen LogP contribution in [0.3, 0.4) is 0 Å². The van der Waals surface area contributed by atoms with Crippen molar-refractivity contribution in [2.24, 2.45) is 13.0 Å². The lowest BCUT2D eigenvalue weighted by molar-refractivity contribution is 0.365. The Kier molecular flexibility index (Phi) is 5.50. The van der Waals surface area contributed by atoms with Gasteiger partial charge in [-0.25, -0.2) is 18.1 Å². The highest BCUT2D eigenvalue weighted by Gasteiger charge is 2.17. The molecule has 0 bridgehead atoms. The maximum Gasteiger partial charge on any atom is 0.211 e. The summed E-state index contributed by atoms with van der Waals surface area (Å²) in [5.41, 5.74) is 0. The van der Waals surface area contributed by atoms with Crippen molar-refractivity contribution in [3.63, 3.8) is 0 Å². The number of rotatable bonds is 7. The van der Waals surface area contributed by atoms with Gasteiger partial charge in [-0.2, -0.15) is 5.10 Å². The predicted molar refractivity (Wildman–Crippen MR) is 76.7 cm³/mol. The minimum atomic E-state index is -3.18. The van der Waals surface area contributed by atoms with E-state index in [0.29, 0.717) is 24.7 Å². The van der Waals surface area contributed by atoms with Crippen LogP contribution in [0.2, 0.25) is 0 Å². The van der Waals surface area contributed by atoms with Gasteiger partial charge in [0.05, 0.1) is 5.75 Å². The third-order valence-electron chi connectivity index (χ3n) is 3.57. The summed E-state index contributed by atoms with van der Waals surface area (Å²) in [7, 11) is -1.39. The third kappa shape index (κ3) is 5.18. The van der Waals surface area contributed by atoms with Crippen molar-refractivity contribution in [3.05, 3.63) is 12.2 Å². The summed E-state index contributed by atoms with van der Waals surface area (Å²) in [4.78, 5) is 4.06. The molecule has 114 valence electrons. The van der Waals surface area contributed by atoms with E-state index >= 15 is 0 Å². The topological polar surface area (TPSA) is 88.9 Å². The summed E-state index contributed by atoms with van der Waals surface area (Å²) in [5, 5.41) is 7.40. The van der Waals surface area contributed by atoms with Crippen LogP contribution in [0.15, 0.2) is 6.33 Å². The summed E-state index contributed by atoms with van der Waals surface area (Å²) in [6.07, 6.45) is 5.04. The molecular formula is C12H23N5O2S. The van der Waals surface area contributed by atoms with E-state index in [1.54, 1.807) is 18.1 Å². The van der Waals surface area contributed by atoms with Gasteiger partial charge in [-0.1, -0.05) is 0 Å². The van der Waals surface area contributed by atoms with Crippen LogP contribution in [0.1, 0.15) is 25.1 Å². The lowest BCUT2D eigenvalue weighted by atomic mass is 9.96. The third-order valence-corrected chi connectivity index (χ3v) is 4.99. The second kappa shape index (κ2) is 7.14. The Morgan fingerprint density at radius 2 is 2.20 bits per heavy atom. The van der Waals surface area contributed by atoms with Gasteiger partial charge >= 0.3 is 0 Å². The number of aromatic nitrogens is 3. The zero-order valence-corrected chi connectivity index (χ0v) is 12.7. The van der Waals surface area contributed by atoms with Gasteiger partial charge in [-0.3, -0.25) is 4.68 Å². The first kappa shape index (κ1) is 15.4. The molecule has 2 rings (SSSR count). The number of nitrogens with one attached hydrogen (secondary N) is 2. The number of nitrogens with zero attached hydrogens (tertiary/aromatic N) is 3. The van der Waals surface area contributed by atoms with Gasteiger partial charge in [0.25, 0.3) is 0 Å². The van der Waals surface area contributed by atoms with Crippen LogP contribution in [0.4, 0.5) is 0 Å². The minimum absolute atomic E-state index is 0.216. The highest BCUT2D eigenvalue weighted by atomic mass is 32.2. The van der Waals surface area contributed by atoms with Crippen LogP contribution in [-0.4, -0.2) is 48.6 Å². The highest BCUT2D eigenvalue weighted by Crippen LogP contribution is 2.16. The highest BCUT2D eigenvalue weighted by molar-refractivity contribution is 7.89. The number of sulfonamides is 1. The van der Waals surface area contributed by atoms with Crippen molar-refractivity contribution in [1.82, 2.24) is 24.8 Å². The second-order valence-electron chi connectivity index (χ2n) is 5.28. The summed E-state index contributed by atoms with van der Waals surface area (Å²) >= 11 is 0. The predicted octanol–water partition coefficient (Wildman–Crippen LogP) is -0.333. The molecule has 2 heterocycles. The first-order chi connectivity index (χ1) is 9.55. The van der Waals surface area contributed by atoms with Crippen molar-refractivity contribution in [3.8, 4) is 0 Å². The van der Waals surface area contributed by atoms with Crippen LogP contribution < -0.4 is 10.0 Å². The average molecular weight is 301 g/mol. The van der Waals surface area contributed by atoms with E-state index in [0.717, 1.165) is 32.4 Å². The summed E-state index contributed by atoms with van der Waals surface area (Å²) in [6.45, 7) is 2.37. The van der Waals surface area contributed by atoms with Gasteiger partial charge in [0, 0.05) is 20.0 Å². The van der Waals surface area contributed by atoms with Gasteiger partial charge in [0.15, 0.2) is 5.82 Å². The van der Waals surface area contributed by atoms with E-state index in [2.05, 4.69) is 20.1 Å². The van der Waals surface area contributed by atoms with Crippen molar-refractivity contribution in [2.45, 2.75) is 25.7 Å². The number of aryl methyl sites for hydroxylation is 1. The van der Waals surface area contributed by atoms with Gasteiger partial charge in [0.2, 0.25) is 10.0 Å². The van der Waals surface area contributed by atoms with E-state index < -0.39 is 10.0 Å². The number of hydrogen-bond donors (Lipinski definition) is 2. The van der Waals surface area contributed by atoms with Crippen molar-refractivity contribution < 1.29 is 8.42 Å². The molecular weight excluding hydrogens is 278 g/mol. The van der Waals surface area contributed by atoms with Crippen molar-refractivity contribution in [2.75, 3.05) is 25.4 Å². The van der Waals surface area contributed by atoms with Crippen LogP contribution in [-0.2, 0) is 23.5 Å². The lowest BCUT2D eigenvalue weighted by Gasteiger charge is -2.22. The van der Waals surface area contributed by atoms with E-state index in [1.165, 1.54) is 0 Å². The molecule has 1 aliphatic rings. The Hall–Kier alpha value is -0.990. The smallest absolute Gasteiger partial charge is 0.211 e. The maximum atomic E-state index is 11.9. The van der Waals surface area contributed by atoms with Gasteiger partial charge in [0.1, 0.15) is 6.33 Å². The van der Waals surface area contributed by atoms with Gasteiger partial charge in [-0.15, -0.1) is 0 Å². The normalized spacial score (nSPS) is 17.4. The first-order valence-electron chi connectivity index (χ1n) is 7.08. The Balaban J connectivity index is 1.67. The maximum absolute atomic E-state index is 11.9. The molecule has 0 amide bonds. The van der Waals surface area contributed by atoms with Gasteiger partial charge < -0.3 is 5.32 Å². The molecule has 1 aromatic heterocycles. The average Bonchev–Trinajstić information content (AvgIpc) is 2.83. The molecule has 1 aromatic rings. The summed E-state index contributed by atoms with van der Waals surface area (Å²) in [6, 6.07) is 0. The van der Waals surface area contributed by atoms with Crippen LogP contribution in [0.5, 0.6) is 0 Å². The Bertz CT molecular complexity index is 508. The zero-order valence-electron chi connectivity index (χ0n) is 11.9. The molecule has 20 heavy (non-hydrogen) atoms. The summed E-state index contributed by atoms with van der Waals surface area (Å²) in [5.74, 6) is 1.41. The molecule has 0 spiro atoms. The van der Waals surface area contributed by atoms with Gasteiger partial charge in [-0.05, 0) is 38.3 Å². The monoisotopic (exact) mass is 301 g/mol. The van der Waals surface area contributed by atoms with E-state index in [4.69, 9.17) is 0 Å². The second-order valence-corrected chi connectivity index (χ2v) is 7.21. The number of piperidine rings is 1. The van der Waals surface area contributed by atoms with E-state index in [1.807, 2.05) is 0 Å². The van der Waals surface area contributed by atoms with E-state index in [-0.39, 0.29) is 5.75 Å². The lowest BCUT2D eigenvalue weighted by Crippen LogP contribution is -2.32. The summed E-state index contributed by atoms with van der Waals surface area (Å²) < 4.78 is 28.0. The SMILES string of the molecule is Cn1cnc(CCNS(=O)(=O)CCC2CCNCC2)n1. The molecule has 2 N–H and O–H groups in total. The molecule has 0 saturated carbocycles. The zero-order chi connectivity index (χ0) is 14.4. The molecule has 0 atom stereocenters. The van der Waals surface area contributed by atoms with Crippen LogP contribution in [0.25, 0.3) is 0 Å². The molecule has 1 fully saturated rings. The quantitative estimate of drug-likeness (QED) is 0.720. The molecule has 0 aliphatic carbocycles. The molecule has 0 unspecified atom stereocenters. The largest absolute Gasteiger partial charge is 0.317 e. The molecule has 1 saturated heterocycles.